The molecule has 1 aromatic rings. The molecule has 0 aromatic heterocycles. The van der Waals surface area contributed by atoms with E-state index in [1.165, 1.54) is 18.4 Å². The van der Waals surface area contributed by atoms with E-state index in [4.69, 9.17) is 10.5 Å². The van der Waals surface area contributed by atoms with Crippen LogP contribution >= 0.6 is 0 Å². The monoisotopic (exact) mass is 262 g/mol. The molecule has 0 amide bonds. The van der Waals surface area contributed by atoms with Gasteiger partial charge in [-0.3, -0.25) is 9.69 Å². The zero-order valence-electron chi connectivity index (χ0n) is 11.6. The molecular weight excluding hydrogens is 240 g/mol. The van der Waals surface area contributed by atoms with E-state index in [0.29, 0.717) is 12.6 Å². The molecular formula is C15H22N2O2. The van der Waals surface area contributed by atoms with E-state index < -0.39 is 0 Å². The van der Waals surface area contributed by atoms with Gasteiger partial charge in [-0.15, -0.1) is 0 Å². The molecule has 104 valence electrons. The highest BCUT2D eigenvalue weighted by Gasteiger charge is 2.30. The normalized spacial score (nSPS) is 14.9. The maximum atomic E-state index is 11.8. The molecule has 1 aromatic carbocycles. The number of nitrogen functional groups attached to an aromatic ring is 1. The van der Waals surface area contributed by atoms with Crippen LogP contribution in [0.3, 0.4) is 0 Å². The molecule has 0 heterocycles. The molecule has 4 heteroatoms. The van der Waals surface area contributed by atoms with Gasteiger partial charge in [-0.05, 0) is 44.4 Å². The molecule has 0 unspecified atom stereocenters. The van der Waals surface area contributed by atoms with Gasteiger partial charge >= 0.3 is 5.97 Å². The van der Waals surface area contributed by atoms with Crippen LogP contribution in [0.2, 0.25) is 0 Å². The first kappa shape index (κ1) is 13.9. The van der Waals surface area contributed by atoms with Gasteiger partial charge in [0.25, 0.3) is 0 Å². The summed E-state index contributed by atoms with van der Waals surface area (Å²) in [5.41, 5.74) is 7.62. The fourth-order valence-electron chi connectivity index (χ4n) is 2.08. The Labute approximate surface area is 114 Å². The summed E-state index contributed by atoms with van der Waals surface area (Å²) in [5.74, 6) is -0.141. The van der Waals surface area contributed by atoms with Gasteiger partial charge in [0.1, 0.15) is 0 Å². The molecule has 1 aliphatic carbocycles. The number of anilines is 1. The van der Waals surface area contributed by atoms with Crippen LogP contribution in [0.15, 0.2) is 24.3 Å². The predicted molar refractivity (Wildman–Crippen MR) is 75.5 cm³/mol. The van der Waals surface area contributed by atoms with Crippen molar-refractivity contribution in [1.29, 1.82) is 0 Å². The Hall–Kier alpha value is -1.55. The van der Waals surface area contributed by atoms with E-state index in [2.05, 4.69) is 4.90 Å². The van der Waals surface area contributed by atoms with E-state index in [9.17, 15) is 4.79 Å². The largest absolute Gasteiger partial charge is 0.462 e. The number of benzene rings is 1. The quantitative estimate of drug-likeness (QED) is 0.630. The lowest BCUT2D eigenvalue weighted by Gasteiger charge is -2.21. The Morgan fingerprint density at radius 2 is 2.00 bits per heavy atom. The minimum absolute atomic E-state index is 0.0509. The Morgan fingerprint density at radius 3 is 2.53 bits per heavy atom. The molecule has 0 aliphatic heterocycles. The summed E-state index contributed by atoms with van der Waals surface area (Å²) in [7, 11) is 0. The number of hydrogen-bond donors (Lipinski definition) is 1. The smallest absolute Gasteiger partial charge is 0.320 e. The van der Waals surface area contributed by atoms with Crippen LogP contribution in [-0.2, 0) is 16.1 Å². The molecule has 0 radical (unpaired) electrons. The molecule has 0 bridgehead atoms. The predicted octanol–water partition coefficient (Wildman–Crippen LogP) is 2.18. The van der Waals surface area contributed by atoms with E-state index in [-0.39, 0.29) is 12.1 Å². The molecule has 0 saturated heterocycles. The first-order chi connectivity index (χ1) is 9.04. The number of esters is 1. The van der Waals surface area contributed by atoms with Gasteiger partial charge in [0, 0.05) is 18.3 Å². The highest BCUT2D eigenvalue weighted by Crippen LogP contribution is 2.28. The third-order valence-electron chi connectivity index (χ3n) is 3.13. The van der Waals surface area contributed by atoms with Crippen LogP contribution in [0.4, 0.5) is 5.69 Å². The summed E-state index contributed by atoms with van der Waals surface area (Å²) in [5, 5.41) is 0. The van der Waals surface area contributed by atoms with E-state index >= 15 is 0 Å². The second-order valence-corrected chi connectivity index (χ2v) is 5.42. The molecule has 2 rings (SSSR count). The minimum atomic E-state index is -0.141. The molecule has 1 fully saturated rings. The van der Waals surface area contributed by atoms with Crippen molar-refractivity contribution in [3.8, 4) is 0 Å². The Bertz CT molecular complexity index is 424. The zero-order valence-corrected chi connectivity index (χ0v) is 11.6. The van der Waals surface area contributed by atoms with Crippen LogP contribution in [-0.4, -0.2) is 29.6 Å². The topological polar surface area (TPSA) is 55.6 Å². The van der Waals surface area contributed by atoms with Crippen molar-refractivity contribution >= 4 is 11.7 Å². The second kappa shape index (κ2) is 6.06. The maximum Gasteiger partial charge on any atom is 0.320 e. The van der Waals surface area contributed by atoms with Gasteiger partial charge in [0.2, 0.25) is 0 Å². The van der Waals surface area contributed by atoms with E-state index in [1.807, 2.05) is 38.1 Å². The van der Waals surface area contributed by atoms with Gasteiger partial charge in [0.05, 0.1) is 12.6 Å². The summed E-state index contributed by atoms with van der Waals surface area (Å²) in [6, 6.07) is 8.34. The number of nitrogens with two attached hydrogens (primary N) is 1. The van der Waals surface area contributed by atoms with Crippen LogP contribution in [0.1, 0.15) is 32.3 Å². The van der Waals surface area contributed by atoms with Crippen molar-refractivity contribution in [1.82, 2.24) is 4.90 Å². The molecule has 0 atom stereocenters. The van der Waals surface area contributed by atoms with Crippen molar-refractivity contribution in [2.24, 2.45) is 0 Å². The highest BCUT2D eigenvalue weighted by molar-refractivity contribution is 5.72. The molecule has 1 saturated carbocycles. The van der Waals surface area contributed by atoms with Crippen molar-refractivity contribution in [2.45, 2.75) is 45.4 Å². The van der Waals surface area contributed by atoms with Crippen LogP contribution in [0.5, 0.6) is 0 Å². The number of carbonyl (C=O) groups excluding carboxylic acids is 1. The zero-order chi connectivity index (χ0) is 13.8. The first-order valence-electron chi connectivity index (χ1n) is 6.82. The molecule has 19 heavy (non-hydrogen) atoms. The Balaban J connectivity index is 1.93. The van der Waals surface area contributed by atoms with Crippen molar-refractivity contribution in [3.63, 3.8) is 0 Å². The van der Waals surface area contributed by atoms with E-state index in [0.717, 1.165) is 12.2 Å². The lowest BCUT2D eigenvalue weighted by Crippen LogP contribution is -2.33. The fraction of sp³-hybridized carbons (Fsp3) is 0.533. The summed E-state index contributed by atoms with van der Waals surface area (Å²) >= 11 is 0. The van der Waals surface area contributed by atoms with Gasteiger partial charge in [0.15, 0.2) is 0 Å². The van der Waals surface area contributed by atoms with Crippen molar-refractivity contribution in [3.05, 3.63) is 29.8 Å². The lowest BCUT2D eigenvalue weighted by atomic mass is 10.2. The minimum Gasteiger partial charge on any atom is -0.462 e. The average molecular weight is 262 g/mol. The lowest BCUT2D eigenvalue weighted by molar-refractivity contribution is -0.149. The fourth-order valence-corrected chi connectivity index (χ4v) is 2.08. The molecule has 1 aliphatic rings. The van der Waals surface area contributed by atoms with Crippen LogP contribution in [0.25, 0.3) is 0 Å². The number of rotatable bonds is 6. The Kier molecular flexibility index (Phi) is 4.43. The Morgan fingerprint density at radius 1 is 1.37 bits per heavy atom. The second-order valence-electron chi connectivity index (χ2n) is 5.42. The van der Waals surface area contributed by atoms with Gasteiger partial charge in [-0.2, -0.15) is 0 Å². The van der Waals surface area contributed by atoms with E-state index in [1.54, 1.807) is 0 Å². The van der Waals surface area contributed by atoms with Gasteiger partial charge < -0.3 is 10.5 Å². The van der Waals surface area contributed by atoms with Crippen molar-refractivity contribution < 1.29 is 9.53 Å². The maximum absolute atomic E-state index is 11.8. The van der Waals surface area contributed by atoms with Crippen molar-refractivity contribution in [2.75, 3.05) is 12.3 Å². The average Bonchev–Trinajstić information content (AvgIpc) is 3.14. The summed E-state index contributed by atoms with van der Waals surface area (Å²) < 4.78 is 5.21. The van der Waals surface area contributed by atoms with Crippen LogP contribution in [0, 0.1) is 0 Å². The number of hydrogen-bond acceptors (Lipinski definition) is 4. The van der Waals surface area contributed by atoms with Gasteiger partial charge in [-0.1, -0.05) is 12.1 Å². The number of carbonyl (C=O) groups is 1. The van der Waals surface area contributed by atoms with Gasteiger partial charge in [-0.25, -0.2) is 0 Å². The molecule has 2 N–H and O–H groups in total. The molecule has 4 nitrogen and oxygen atoms in total. The number of ether oxygens (including phenoxy) is 1. The third-order valence-corrected chi connectivity index (χ3v) is 3.13. The summed E-state index contributed by atoms with van der Waals surface area (Å²) in [6.45, 7) is 4.89. The SMILES string of the molecule is CC(C)OC(=O)CN(Cc1ccc(N)cc1)C1CC1. The van der Waals surface area contributed by atoms with Crippen LogP contribution < -0.4 is 5.73 Å². The highest BCUT2D eigenvalue weighted by atomic mass is 16.5. The summed E-state index contributed by atoms with van der Waals surface area (Å²) in [6.07, 6.45) is 2.29. The number of nitrogens with zero attached hydrogens (tertiary/aromatic N) is 1. The third kappa shape index (κ3) is 4.56. The first-order valence-corrected chi connectivity index (χ1v) is 6.82. The molecule has 0 spiro atoms. The standard InChI is InChI=1S/C15H22N2O2/c1-11(2)19-15(18)10-17(14-7-8-14)9-12-3-5-13(16)6-4-12/h3-6,11,14H,7-10,16H2,1-2H3. The summed E-state index contributed by atoms with van der Waals surface area (Å²) in [4.78, 5) is 13.9.